The van der Waals surface area contributed by atoms with E-state index in [1.165, 1.54) is 0 Å². The zero-order valence-electron chi connectivity index (χ0n) is 21.2. The van der Waals surface area contributed by atoms with Gasteiger partial charge in [-0.15, -0.1) is 0 Å². The molecule has 0 aliphatic heterocycles. The summed E-state index contributed by atoms with van der Waals surface area (Å²) in [6.45, 7) is 3.47. The first-order valence-corrected chi connectivity index (χ1v) is 14.5. The number of rotatable bonds is 5. The fourth-order valence-electron chi connectivity index (χ4n) is 4.88. The molecule has 5 aromatic rings. The summed E-state index contributed by atoms with van der Waals surface area (Å²) < 4.78 is 16.3. The molecule has 0 saturated carbocycles. The number of phenolic OH excluding ortho intramolecular Hbond substituents is 1. The average Bonchev–Trinajstić information content (AvgIpc) is 3.31. The highest BCUT2D eigenvalue weighted by molar-refractivity contribution is 7.70. The number of fused-ring (bicyclic) bond motifs is 1. The van der Waals surface area contributed by atoms with Crippen molar-refractivity contribution in [2.45, 2.75) is 5.54 Å². The third-order valence-corrected chi connectivity index (χ3v) is 8.55. The number of pyridine rings is 1. The molecular weight excluding hydrogens is 483 g/mol. The summed E-state index contributed by atoms with van der Waals surface area (Å²) in [5, 5.41) is 11.5. The van der Waals surface area contributed by atoms with Crippen LogP contribution in [-0.2, 0) is 24.2 Å². The summed E-state index contributed by atoms with van der Waals surface area (Å²) in [7, 11) is 1.13. The highest BCUT2D eigenvalue weighted by Crippen LogP contribution is 2.39. The minimum atomic E-state index is -2.50. The molecule has 2 aromatic heterocycles. The van der Waals surface area contributed by atoms with E-state index in [1.54, 1.807) is 67.8 Å². The zero-order valence-corrected chi connectivity index (χ0v) is 22.1. The van der Waals surface area contributed by atoms with E-state index in [-0.39, 0.29) is 11.3 Å². The monoisotopic (exact) mass is 512 g/mol. The normalized spacial score (nSPS) is 13.5. The Morgan fingerprint density at radius 2 is 1.65 bits per heavy atom. The second kappa shape index (κ2) is 8.87. The number of phenols is 1. The van der Waals surface area contributed by atoms with Gasteiger partial charge in [0.25, 0.3) is 5.56 Å². The van der Waals surface area contributed by atoms with Gasteiger partial charge in [-0.1, -0.05) is 36.4 Å². The molecule has 1 atom stereocenters. The number of imidazole rings is 1. The molecule has 5 rings (SSSR count). The van der Waals surface area contributed by atoms with Crippen LogP contribution in [0, 0.1) is 0 Å². The van der Waals surface area contributed by atoms with Crippen molar-refractivity contribution in [3.8, 4) is 16.9 Å². The van der Waals surface area contributed by atoms with Crippen molar-refractivity contribution in [1.82, 2.24) is 14.1 Å². The highest BCUT2D eigenvalue weighted by atomic mass is 31.2. The van der Waals surface area contributed by atoms with Crippen LogP contribution in [-0.4, -0.2) is 32.6 Å². The lowest BCUT2D eigenvalue weighted by molar-refractivity contribution is 0.474. The minimum absolute atomic E-state index is 0.138. The van der Waals surface area contributed by atoms with Crippen molar-refractivity contribution in [1.29, 1.82) is 0 Å². The molecule has 7 nitrogen and oxygen atoms in total. The van der Waals surface area contributed by atoms with Gasteiger partial charge in [0.05, 0.1) is 23.7 Å². The van der Waals surface area contributed by atoms with Crippen molar-refractivity contribution >= 4 is 23.3 Å². The van der Waals surface area contributed by atoms with E-state index in [9.17, 15) is 14.5 Å². The topological polar surface area (TPSA) is 103 Å². The lowest BCUT2D eigenvalue weighted by Crippen LogP contribution is -2.41. The third kappa shape index (κ3) is 4.20. The zero-order chi connectivity index (χ0) is 26.5. The molecule has 0 saturated heterocycles. The molecule has 1 unspecified atom stereocenters. The van der Waals surface area contributed by atoms with Crippen LogP contribution in [0.4, 0.5) is 0 Å². The van der Waals surface area contributed by atoms with Crippen LogP contribution in [0.3, 0.4) is 0 Å². The van der Waals surface area contributed by atoms with Crippen molar-refractivity contribution in [3.05, 3.63) is 112 Å². The average molecular weight is 513 g/mol. The number of aromatic hydroxyl groups is 1. The van der Waals surface area contributed by atoms with E-state index in [1.807, 2.05) is 54.1 Å². The molecule has 3 N–H and O–H groups in total. The Kier molecular flexibility index (Phi) is 5.94. The van der Waals surface area contributed by atoms with Gasteiger partial charge < -0.3 is 24.5 Å². The summed E-state index contributed by atoms with van der Waals surface area (Å²) >= 11 is 0. The Morgan fingerprint density at radius 1 is 0.946 bits per heavy atom. The molecule has 0 aliphatic rings. The molecule has 37 heavy (non-hydrogen) atoms. The summed E-state index contributed by atoms with van der Waals surface area (Å²) in [5.41, 5.74) is 10.7. The van der Waals surface area contributed by atoms with Gasteiger partial charge >= 0.3 is 0 Å². The van der Waals surface area contributed by atoms with Crippen LogP contribution in [0.25, 0.3) is 22.0 Å². The van der Waals surface area contributed by atoms with Gasteiger partial charge in [0, 0.05) is 30.9 Å². The Balaban J connectivity index is 1.83. The number of nitrogens with zero attached hydrogens (tertiary/aromatic N) is 3. The summed E-state index contributed by atoms with van der Waals surface area (Å²) in [5.74, 6) is 0.149. The molecule has 0 fully saturated rings. The lowest BCUT2D eigenvalue weighted by atomic mass is 9.80. The standard InChI is InChI=1S/C29H29N4O3P/c1-32-18-31-17-27(32)29(30,20-8-11-22(34)12-9-20)21-10-13-26-25(15-21)24(16-28(35)33(26)2)19-6-5-7-23(14-19)37(3,4)36/h5-18,34H,30H2,1-4H3. The molecule has 0 amide bonds. The summed E-state index contributed by atoms with van der Waals surface area (Å²) in [4.78, 5) is 17.2. The van der Waals surface area contributed by atoms with Crippen LogP contribution in [0.15, 0.2) is 90.1 Å². The molecule has 2 heterocycles. The smallest absolute Gasteiger partial charge is 0.251 e. The second-order valence-electron chi connectivity index (χ2n) is 9.83. The van der Waals surface area contributed by atoms with Crippen LogP contribution in [0.5, 0.6) is 5.75 Å². The molecule has 0 bridgehead atoms. The number of nitrogens with two attached hydrogens (primary N) is 1. The van der Waals surface area contributed by atoms with Gasteiger partial charge in [0.2, 0.25) is 0 Å². The summed E-state index contributed by atoms with van der Waals surface area (Å²) in [6.07, 6.45) is 3.44. The van der Waals surface area contributed by atoms with Crippen LogP contribution < -0.4 is 16.6 Å². The number of aromatic nitrogens is 3. The maximum Gasteiger partial charge on any atom is 0.251 e. The van der Waals surface area contributed by atoms with Gasteiger partial charge in [0.1, 0.15) is 18.4 Å². The van der Waals surface area contributed by atoms with E-state index in [0.717, 1.165) is 44.2 Å². The van der Waals surface area contributed by atoms with Gasteiger partial charge in [-0.25, -0.2) is 4.98 Å². The Hall–Kier alpha value is -3.93. The van der Waals surface area contributed by atoms with Crippen molar-refractivity contribution in [2.75, 3.05) is 13.3 Å². The third-order valence-electron chi connectivity index (χ3n) is 7.02. The Labute approximate surface area is 215 Å². The van der Waals surface area contributed by atoms with Crippen molar-refractivity contribution < 1.29 is 9.67 Å². The number of hydrogen-bond donors (Lipinski definition) is 2. The maximum atomic E-state index is 12.9. The fraction of sp³-hybridized carbons (Fsp3) is 0.172. The van der Waals surface area contributed by atoms with E-state index in [2.05, 4.69) is 4.98 Å². The lowest BCUT2D eigenvalue weighted by Gasteiger charge is -2.31. The van der Waals surface area contributed by atoms with E-state index in [4.69, 9.17) is 5.73 Å². The van der Waals surface area contributed by atoms with Gasteiger partial charge in [-0.05, 0) is 65.9 Å². The molecular formula is C29H29N4O3P. The van der Waals surface area contributed by atoms with Crippen molar-refractivity contribution in [2.24, 2.45) is 19.8 Å². The van der Waals surface area contributed by atoms with E-state index >= 15 is 0 Å². The first kappa shape index (κ1) is 24.8. The highest BCUT2D eigenvalue weighted by Gasteiger charge is 2.35. The first-order chi connectivity index (χ1) is 17.5. The predicted molar refractivity (Wildman–Crippen MR) is 149 cm³/mol. The Bertz CT molecular complexity index is 1750. The van der Waals surface area contributed by atoms with Gasteiger partial charge in [-0.2, -0.15) is 0 Å². The number of benzene rings is 3. The first-order valence-electron chi connectivity index (χ1n) is 11.9. The van der Waals surface area contributed by atoms with Crippen LogP contribution in [0.2, 0.25) is 0 Å². The summed E-state index contributed by atoms with van der Waals surface area (Å²) in [6, 6.07) is 21.8. The van der Waals surface area contributed by atoms with E-state index in [0.29, 0.717) is 0 Å². The molecule has 8 heteroatoms. The molecule has 0 radical (unpaired) electrons. The molecule has 3 aromatic carbocycles. The van der Waals surface area contributed by atoms with Gasteiger partial charge in [0.15, 0.2) is 0 Å². The molecule has 0 spiro atoms. The van der Waals surface area contributed by atoms with E-state index < -0.39 is 12.7 Å². The predicted octanol–water partition coefficient (Wildman–Crippen LogP) is 4.14. The van der Waals surface area contributed by atoms with Crippen LogP contribution in [0.1, 0.15) is 16.8 Å². The van der Waals surface area contributed by atoms with Crippen molar-refractivity contribution in [3.63, 3.8) is 0 Å². The minimum Gasteiger partial charge on any atom is -0.508 e. The molecule has 0 aliphatic carbocycles. The Morgan fingerprint density at radius 3 is 2.30 bits per heavy atom. The SMILES string of the molecule is Cn1cncc1C(N)(c1ccc(O)cc1)c1ccc2c(c1)c(-c1cccc(P(C)(C)=O)c1)cc(=O)n2C. The van der Waals surface area contributed by atoms with Gasteiger partial charge in [-0.3, -0.25) is 4.79 Å². The fourth-order valence-corrected chi connectivity index (χ4v) is 5.77. The largest absolute Gasteiger partial charge is 0.508 e. The number of aryl methyl sites for hydroxylation is 2. The molecule has 188 valence electrons. The quantitative estimate of drug-likeness (QED) is 0.345. The second-order valence-corrected chi connectivity index (χ2v) is 13.1. The maximum absolute atomic E-state index is 12.9. The number of hydrogen-bond acceptors (Lipinski definition) is 5. The van der Waals surface area contributed by atoms with Crippen LogP contribution >= 0.6 is 7.14 Å².